The summed E-state index contributed by atoms with van der Waals surface area (Å²) in [5.74, 6) is 1.69. The summed E-state index contributed by atoms with van der Waals surface area (Å²) in [5, 5.41) is 1.10. The second-order valence-corrected chi connectivity index (χ2v) is 5.45. The van der Waals surface area contributed by atoms with Crippen LogP contribution in [-0.4, -0.2) is 18.2 Å². The molecule has 22 heavy (non-hydrogen) atoms. The molecule has 0 saturated heterocycles. The van der Waals surface area contributed by atoms with Crippen LogP contribution in [0.1, 0.15) is 13.8 Å². The van der Waals surface area contributed by atoms with Gasteiger partial charge in [-0.2, -0.15) is 0 Å². The third-order valence-corrected chi connectivity index (χ3v) is 3.42. The maximum atomic E-state index is 5.67. The minimum atomic E-state index is 0.178. The van der Waals surface area contributed by atoms with Crippen LogP contribution in [0.4, 0.5) is 0 Å². The van der Waals surface area contributed by atoms with Gasteiger partial charge in [-0.3, -0.25) is 0 Å². The zero-order chi connectivity index (χ0) is 15.5. The number of rotatable bonds is 4. The molecule has 0 amide bonds. The first-order valence-electron chi connectivity index (χ1n) is 7.37. The molecule has 0 fully saturated rings. The number of methoxy groups -OCH3 is 1. The molecule has 0 aliphatic rings. The molecule has 3 rings (SSSR count). The molecule has 0 spiro atoms. The minimum absolute atomic E-state index is 0.178. The van der Waals surface area contributed by atoms with E-state index >= 15 is 0 Å². The monoisotopic (exact) mass is 293 g/mol. The van der Waals surface area contributed by atoms with Gasteiger partial charge < -0.3 is 9.47 Å². The molecule has 3 aromatic rings. The highest BCUT2D eigenvalue weighted by atomic mass is 16.5. The number of ether oxygens (including phenoxy) is 2. The first-order valence-corrected chi connectivity index (χ1v) is 7.37. The highest BCUT2D eigenvalue weighted by Gasteiger charge is 2.04. The minimum Gasteiger partial charge on any atom is -0.497 e. The lowest BCUT2D eigenvalue weighted by Gasteiger charge is -2.10. The fraction of sp³-hybridized carbons (Fsp3) is 0.211. The van der Waals surface area contributed by atoms with E-state index in [1.807, 2.05) is 62.4 Å². The molecule has 3 heteroatoms. The van der Waals surface area contributed by atoms with Gasteiger partial charge in [0.2, 0.25) is 0 Å². The van der Waals surface area contributed by atoms with Gasteiger partial charge >= 0.3 is 0 Å². The molecule has 2 aromatic carbocycles. The summed E-state index contributed by atoms with van der Waals surface area (Å²) in [6, 6.07) is 18.1. The van der Waals surface area contributed by atoms with Gasteiger partial charge in [-0.25, -0.2) is 4.98 Å². The van der Waals surface area contributed by atoms with Gasteiger partial charge in [-0.1, -0.05) is 6.07 Å². The summed E-state index contributed by atoms with van der Waals surface area (Å²) in [4.78, 5) is 4.72. The predicted molar refractivity (Wildman–Crippen MR) is 89.5 cm³/mol. The molecule has 0 unspecified atom stereocenters. The van der Waals surface area contributed by atoms with Crippen LogP contribution in [-0.2, 0) is 0 Å². The lowest BCUT2D eigenvalue weighted by molar-refractivity contribution is 0.242. The predicted octanol–water partition coefficient (Wildman–Crippen LogP) is 4.70. The first-order chi connectivity index (χ1) is 10.7. The normalized spacial score (nSPS) is 10.9. The van der Waals surface area contributed by atoms with E-state index in [1.165, 1.54) is 0 Å². The van der Waals surface area contributed by atoms with E-state index in [0.29, 0.717) is 0 Å². The maximum Gasteiger partial charge on any atom is 0.121 e. The second kappa shape index (κ2) is 6.06. The molecular weight excluding hydrogens is 274 g/mol. The Morgan fingerprint density at radius 1 is 0.864 bits per heavy atom. The summed E-state index contributed by atoms with van der Waals surface area (Å²) < 4.78 is 10.9. The van der Waals surface area contributed by atoms with Crippen LogP contribution in [0.15, 0.2) is 54.6 Å². The Balaban J connectivity index is 1.95. The Kier molecular flexibility index (Phi) is 3.96. The molecule has 3 nitrogen and oxygen atoms in total. The van der Waals surface area contributed by atoms with Gasteiger partial charge in [0.25, 0.3) is 0 Å². The van der Waals surface area contributed by atoms with Gasteiger partial charge in [0.15, 0.2) is 0 Å². The molecule has 0 atom stereocenters. The van der Waals surface area contributed by atoms with Gasteiger partial charge in [0.1, 0.15) is 11.5 Å². The highest BCUT2D eigenvalue weighted by molar-refractivity contribution is 5.82. The van der Waals surface area contributed by atoms with Crippen molar-refractivity contribution in [2.24, 2.45) is 0 Å². The summed E-state index contributed by atoms with van der Waals surface area (Å²) in [7, 11) is 1.67. The van der Waals surface area contributed by atoms with Crippen LogP contribution in [0, 0.1) is 0 Å². The van der Waals surface area contributed by atoms with Crippen molar-refractivity contribution in [3.8, 4) is 22.8 Å². The van der Waals surface area contributed by atoms with E-state index in [1.54, 1.807) is 7.11 Å². The van der Waals surface area contributed by atoms with Crippen molar-refractivity contribution in [1.82, 2.24) is 4.98 Å². The van der Waals surface area contributed by atoms with Crippen molar-refractivity contribution in [3.05, 3.63) is 54.6 Å². The van der Waals surface area contributed by atoms with E-state index in [4.69, 9.17) is 14.5 Å². The number of hydrogen-bond acceptors (Lipinski definition) is 3. The Bertz CT molecular complexity index is 779. The molecule has 0 aliphatic carbocycles. The quantitative estimate of drug-likeness (QED) is 0.699. The molecule has 0 aliphatic heterocycles. The van der Waals surface area contributed by atoms with Gasteiger partial charge in [-0.15, -0.1) is 0 Å². The van der Waals surface area contributed by atoms with E-state index in [-0.39, 0.29) is 6.10 Å². The molecule has 1 heterocycles. The highest BCUT2D eigenvalue weighted by Crippen LogP contribution is 2.25. The Hall–Kier alpha value is -2.55. The standard InChI is InChI=1S/C19H19NO2/c1-13(2)22-16-8-4-14(5-9-16)18-11-7-15-6-10-17(21-3)12-19(15)20-18/h4-13H,1-3H3. The van der Waals surface area contributed by atoms with E-state index in [2.05, 4.69) is 6.07 Å². The summed E-state index contributed by atoms with van der Waals surface area (Å²) >= 11 is 0. The average molecular weight is 293 g/mol. The van der Waals surface area contributed by atoms with Crippen molar-refractivity contribution < 1.29 is 9.47 Å². The molecule has 112 valence electrons. The second-order valence-electron chi connectivity index (χ2n) is 5.45. The smallest absolute Gasteiger partial charge is 0.121 e. The van der Waals surface area contributed by atoms with Crippen molar-refractivity contribution in [2.75, 3.05) is 7.11 Å². The molecule has 0 saturated carbocycles. The largest absolute Gasteiger partial charge is 0.497 e. The molecule has 0 N–H and O–H groups in total. The van der Waals surface area contributed by atoms with Crippen LogP contribution >= 0.6 is 0 Å². The fourth-order valence-corrected chi connectivity index (χ4v) is 2.36. The lowest BCUT2D eigenvalue weighted by atomic mass is 10.1. The van der Waals surface area contributed by atoms with Crippen LogP contribution in [0.5, 0.6) is 11.5 Å². The number of benzene rings is 2. The third kappa shape index (κ3) is 3.03. The number of aromatic nitrogens is 1. The number of pyridine rings is 1. The van der Waals surface area contributed by atoms with Crippen LogP contribution in [0.2, 0.25) is 0 Å². The third-order valence-electron chi connectivity index (χ3n) is 3.42. The van der Waals surface area contributed by atoms with Crippen molar-refractivity contribution in [1.29, 1.82) is 0 Å². The molecule has 0 radical (unpaired) electrons. The Morgan fingerprint density at radius 2 is 1.55 bits per heavy atom. The fourth-order valence-electron chi connectivity index (χ4n) is 2.36. The molecular formula is C19H19NO2. The van der Waals surface area contributed by atoms with Crippen molar-refractivity contribution in [3.63, 3.8) is 0 Å². The van der Waals surface area contributed by atoms with Crippen LogP contribution < -0.4 is 9.47 Å². The maximum absolute atomic E-state index is 5.67. The zero-order valence-electron chi connectivity index (χ0n) is 13.0. The average Bonchev–Trinajstić information content (AvgIpc) is 2.54. The zero-order valence-corrected chi connectivity index (χ0v) is 13.0. The number of hydrogen-bond donors (Lipinski definition) is 0. The first kappa shape index (κ1) is 14.4. The summed E-state index contributed by atoms with van der Waals surface area (Å²) in [6.45, 7) is 4.04. The van der Waals surface area contributed by atoms with Crippen LogP contribution in [0.25, 0.3) is 22.2 Å². The molecule has 0 bridgehead atoms. The molecule has 1 aromatic heterocycles. The van der Waals surface area contributed by atoms with Crippen LogP contribution in [0.3, 0.4) is 0 Å². The van der Waals surface area contributed by atoms with Crippen molar-refractivity contribution >= 4 is 10.9 Å². The van der Waals surface area contributed by atoms with E-state index < -0.39 is 0 Å². The number of nitrogens with zero attached hydrogens (tertiary/aromatic N) is 1. The van der Waals surface area contributed by atoms with E-state index in [0.717, 1.165) is 33.7 Å². The van der Waals surface area contributed by atoms with Gasteiger partial charge in [0.05, 0.1) is 24.4 Å². The van der Waals surface area contributed by atoms with E-state index in [9.17, 15) is 0 Å². The van der Waals surface area contributed by atoms with Gasteiger partial charge in [0, 0.05) is 17.0 Å². The summed E-state index contributed by atoms with van der Waals surface area (Å²) in [5.41, 5.74) is 2.94. The summed E-state index contributed by atoms with van der Waals surface area (Å²) in [6.07, 6.45) is 0.178. The van der Waals surface area contributed by atoms with Crippen molar-refractivity contribution in [2.45, 2.75) is 20.0 Å². The Labute approximate surface area is 130 Å². The topological polar surface area (TPSA) is 31.4 Å². The SMILES string of the molecule is COc1ccc2ccc(-c3ccc(OC(C)C)cc3)nc2c1. The number of fused-ring (bicyclic) bond motifs is 1. The lowest BCUT2D eigenvalue weighted by Crippen LogP contribution is -2.05. The Morgan fingerprint density at radius 3 is 2.23 bits per heavy atom. The van der Waals surface area contributed by atoms with Gasteiger partial charge in [-0.05, 0) is 56.3 Å².